The molecule has 0 unspecified atom stereocenters. The van der Waals surface area contributed by atoms with Gasteiger partial charge in [0, 0.05) is 46.3 Å². The number of guanidine groups is 1. The second kappa shape index (κ2) is 11.8. The highest BCUT2D eigenvalue weighted by Gasteiger charge is 2.32. The van der Waals surface area contributed by atoms with Gasteiger partial charge in [0.1, 0.15) is 0 Å². The maximum atomic E-state index is 5.76. The Labute approximate surface area is 175 Å². The summed E-state index contributed by atoms with van der Waals surface area (Å²) in [6, 6.07) is 6.71. The van der Waals surface area contributed by atoms with Crippen LogP contribution in [0.15, 0.2) is 23.2 Å². The van der Waals surface area contributed by atoms with Crippen LogP contribution in [0.2, 0.25) is 0 Å². The van der Waals surface area contributed by atoms with Gasteiger partial charge in [-0.15, -0.1) is 24.0 Å². The van der Waals surface area contributed by atoms with Crippen molar-refractivity contribution in [3.63, 3.8) is 0 Å². The first-order chi connectivity index (χ1) is 12.1. The van der Waals surface area contributed by atoms with Crippen LogP contribution in [0.5, 0.6) is 0 Å². The van der Waals surface area contributed by atoms with Crippen molar-refractivity contribution in [3.05, 3.63) is 34.9 Å². The van der Waals surface area contributed by atoms with Crippen LogP contribution in [-0.4, -0.2) is 51.5 Å². The Morgan fingerprint density at radius 3 is 2.38 bits per heavy atom. The number of rotatable bonds is 7. The van der Waals surface area contributed by atoms with E-state index in [1.165, 1.54) is 16.7 Å². The number of benzene rings is 1. The first-order valence-electron chi connectivity index (χ1n) is 9.29. The molecule has 1 fully saturated rings. The van der Waals surface area contributed by atoms with Gasteiger partial charge in [0.05, 0.1) is 12.1 Å². The monoisotopic (exact) mass is 475 g/mol. The zero-order valence-electron chi connectivity index (χ0n) is 16.6. The summed E-state index contributed by atoms with van der Waals surface area (Å²) >= 11 is 0. The number of nitrogens with one attached hydrogen (secondary N) is 2. The van der Waals surface area contributed by atoms with Crippen molar-refractivity contribution in [2.75, 3.05) is 40.0 Å². The smallest absolute Gasteiger partial charge is 0.191 e. The lowest BCUT2D eigenvalue weighted by Gasteiger charge is -2.34. The van der Waals surface area contributed by atoms with E-state index in [9.17, 15) is 0 Å². The number of hydrogen-bond donors (Lipinski definition) is 2. The Bertz CT molecular complexity index is 552. The van der Waals surface area contributed by atoms with Gasteiger partial charge in [0.2, 0.25) is 0 Å². The molecule has 0 saturated carbocycles. The summed E-state index contributed by atoms with van der Waals surface area (Å²) in [5.74, 6) is 0.856. The SMILES string of the molecule is CCNC(=NCC1(OC)CCOCC1)NCCc1cc(C)cc(C)c1.I. The molecule has 0 amide bonds. The molecule has 2 rings (SSSR count). The number of halogens is 1. The van der Waals surface area contributed by atoms with E-state index in [1.807, 2.05) is 0 Å². The van der Waals surface area contributed by atoms with Gasteiger partial charge >= 0.3 is 0 Å². The maximum Gasteiger partial charge on any atom is 0.191 e. The van der Waals surface area contributed by atoms with Crippen LogP contribution in [0, 0.1) is 13.8 Å². The zero-order valence-corrected chi connectivity index (χ0v) is 18.9. The summed E-state index contributed by atoms with van der Waals surface area (Å²) in [6.45, 7) is 10.2. The van der Waals surface area contributed by atoms with Crippen LogP contribution in [0.4, 0.5) is 0 Å². The van der Waals surface area contributed by atoms with Gasteiger partial charge in [-0.3, -0.25) is 4.99 Å². The quantitative estimate of drug-likeness (QED) is 0.361. The summed E-state index contributed by atoms with van der Waals surface area (Å²) < 4.78 is 11.2. The van der Waals surface area contributed by atoms with Gasteiger partial charge in [-0.25, -0.2) is 0 Å². The Hall–Kier alpha value is -0.860. The molecule has 1 aliphatic rings. The fourth-order valence-corrected chi connectivity index (χ4v) is 3.27. The predicted octanol–water partition coefficient (Wildman–Crippen LogP) is 3.21. The first-order valence-corrected chi connectivity index (χ1v) is 9.29. The van der Waals surface area contributed by atoms with Crippen molar-refractivity contribution in [1.82, 2.24) is 10.6 Å². The molecule has 5 nitrogen and oxygen atoms in total. The molecule has 1 aromatic carbocycles. The standard InChI is InChI=1S/C20H33N3O2.HI/c1-5-21-19(23-15-20(24-4)7-10-25-11-8-20)22-9-6-18-13-16(2)12-17(3)14-18;/h12-14H,5-11,15H2,1-4H3,(H2,21,22,23);1H. The number of ether oxygens (including phenoxy) is 2. The van der Waals surface area contributed by atoms with Crippen molar-refractivity contribution in [1.29, 1.82) is 0 Å². The van der Waals surface area contributed by atoms with Crippen molar-refractivity contribution in [2.24, 2.45) is 4.99 Å². The van der Waals surface area contributed by atoms with Gasteiger partial charge in [0.25, 0.3) is 0 Å². The lowest BCUT2D eigenvalue weighted by Crippen LogP contribution is -2.44. The Morgan fingerprint density at radius 1 is 1.15 bits per heavy atom. The molecule has 1 heterocycles. The van der Waals surface area contributed by atoms with Crippen LogP contribution in [0.3, 0.4) is 0 Å². The minimum Gasteiger partial charge on any atom is -0.381 e. The normalized spacial score (nSPS) is 16.7. The van der Waals surface area contributed by atoms with E-state index in [0.29, 0.717) is 6.54 Å². The fraction of sp³-hybridized carbons (Fsp3) is 0.650. The van der Waals surface area contributed by atoms with Crippen molar-refractivity contribution >= 4 is 29.9 Å². The molecular weight excluding hydrogens is 441 g/mol. The number of nitrogens with zero attached hydrogens (tertiary/aromatic N) is 1. The van der Waals surface area contributed by atoms with E-state index in [4.69, 9.17) is 14.5 Å². The van der Waals surface area contributed by atoms with E-state index in [-0.39, 0.29) is 29.6 Å². The van der Waals surface area contributed by atoms with Gasteiger partial charge in [0.15, 0.2) is 5.96 Å². The van der Waals surface area contributed by atoms with E-state index >= 15 is 0 Å². The van der Waals surface area contributed by atoms with Gasteiger partial charge in [-0.05, 0) is 32.8 Å². The number of aryl methyl sites for hydroxylation is 2. The molecule has 26 heavy (non-hydrogen) atoms. The van der Waals surface area contributed by atoms with E-state index in [0.717, 1.165) is 51.5 Å². The minimum atomic E-state index is -0.186. The molecule has 0 atom stereocenters. The van der Waals surface area contributed by atoms with Crippen LogP contribution in [-0.2, 0) is 15.9 Å². The van der Waals surface area contributed by atoms with Crippen molar-refractivity contribution < 1.29 is 9.47 Å². The molecule has 1 aliphatic heterocycles. The van der Waals surface area contributed by atoms with Crippen LogP contribution in [0.1, 0.15) is 36.5 Å². The van der Waals surface area contributed by atoms with E-state index < -0.39 is 0 Å². The molecule has 0 spiro atoms. The van der Waals surface area contributed by atoms with Crippen LogP contribution in [0.25, 0.3) is 0 Å². The maximum absolute atomic E-state index is 5.76. The average Bonchev–Trinajstić information content (AvgIpc) is 2.60. The molecule has 2 N–H and O–H groups in total. The molecule has 0 radical (unpaired) electrons. The minimum absolute atomic E-state index is 0. The lowest BCUT2D eigenvalue weighted by molar-refractivity contribution is -0.0828. The Balaban J connectivity index is 0.00000338. The first kappa shape index (κ1) is 23.2. The molecule has 6 heteroatoms. The predicted molar refractivity (Wildman–Crippen MR) is 119 cm³/mol. The third-order valence-electron chi connectivity index (χ3n) is 4.69. The Morgan fingerprint density at radius 2 is 1.81 bits per heavy atom. The number of aliphatic imine (C=N–C) groups is 1. The Kier molecular flexibility index (Phi) is 10.5. The van der Waals surface area contributed by atoms with Gasteiger partial charge in [-0.1, -0.05) is 29.3 Å². The second-order valence-electron chi connectivity index (χ2n) is 6.87. The van der Waals surface area contributed by atoms with Gasteiger partial charge in [-0.2, -0.15) is 0 Å². The fourth-order valence-electron chi connectivity index (χ4n) is 3.27. The zero-order chi connectivity index (χ0) is 18.1. The summed E-state index contributed by atoms with van der Waals surface area (Å²) in [4.78, 5) is 4.76. The van der Waals surface area contributed by atoms with E-state index in [2.05, 4.69) is 49.6 Å². The van der Waals surface area contributed by atoms with Crippen molar-refractivity contribution in [2.45, 2.75) is 45.6 Å². The van der Waals surface area contributed by atoms with Gasteiger partial charge < -0.3 is 20.1 Å². The number of methoxy groups -OCH3 is 1. The molecule has 148 valence electrons. The molecule has 1 saturated heterocycles. The van der Waals surface area contributed by atoms with Crippen molar-refractivity contribution in [3.8, 4) is 0 Å². The summed E-state index contributed by atoms with van der Waals surface area (Å²) in [7, 11) is 1.78. The van der Waals surface area contributed by atoms with Crippen LogP contribution < -0.4 is 10.6 Å². The molecule has 0 aromatic heterocycles. The third kappa shape index (κ3) is 7.40. The highest BCUT2D eigenvalue weighted by molar-refractivity contribution is 14.0. The topological polar surface area (TPSA) is 54.9 Å². The largest absolute Gasteiger partial charge is 0.381 e. The molecule has 1 aromatic rings. The summed E-state index contributed by atoms with van der Waals surface area (Å²) in [6.07, 6.45) is 2.78. The third-order valence-corrected chi connectivity index (χ3v) is 4.69. The molecule has 0 bridgehead atoms. The lowest BCUT2D eigenvalue weighted by atomic mass is 9.94. The number of hydrogen-bond acceptors (Lipinski definition) is 3. The highest BCUT2D eigenvalue weighted by Crippen LogP contribution is 2.24. The molecular formula is C20H34IN3O2. The molecule has 0 aliphatic carbocycles. The van der Waals surface area contributed by atoms with Crippen LogP contribution >= 0.6 is 24.0 Å². The average molecular weight is 475 g/mol. The summed E-state index contributed by atoms with van der Waals surface area (Å²) in [5.41, 5.74) is 3.81. The highest BCUT2D eigenvalue weighted by atomic mass is 127. The second-order valence-corrected chi connectivity index (χ2v) is 6.87. The summed E-state index contributed by atoms with van der Waals surface area (Å²) in [5, 5.41) is 6.77. The van der Waals surface area contributed by atoms with E-state index in [1.54, 1.807) is 7.11 Å².